The van der Waals surface area contributed by atoms with Crippen LogP contribution in [-0.4, -0.2) is 34.8 Å². The third kappa shape index (κ3) is 4.00. The molecule has 2 amide bonds. The highest BCUT2D eigenvalue weighted by molar-refractivity contribution is 9.10. The van der Waals surface area contributed by atoms with E-state index in [0.717, 1.165) is 10.2 Å². The number of amides is 2. The molecule has 2 aromatic rings. The maximum atomic E-state index is 12.4. The highest BCUT2D eigenvalue weighted by Crippen LogP contribution is 2.21. The number of carbonyl (C=O) groups excluding carboxylic acids is 2. The van der Waals surface area contributed by atoms with Crippen LogP contribution in [0, 0.1) is 5.92 Å². The minimum Gasteiger partial charge on any atom is -0.339 e. The Hall–Kier alpha value is -2.21. The normalized spacial score (nSPS) is 15.1. The van der Waals surface area contributed by atoms with Gasteiger partial charge in [0.05, 0.1) is 5.56 Å². The lowest BCUT2D eigenvalue weighted by atomic mass is 9.95. The SMILES string of the molecule is O=C(Nc1ccc(Br)cc1)C1CCN(C(=O)c2cccnc2)CC1. The molecule has 1 N–H and O–H groups in total. The zero-order chi connectivity index (χ0) is 16.9. The number of nitrogens with one attached hydrogen (secondary N) is 1. The Kier molecular flexibility index (Phi) is 5.25. The standard InChI is InChI=1S/C18H18BrN3O2/c19-15-3-5-16(6-4-15)21-17(23)13-7-10-22(11-8-13)18(24)14-2-1-9-20-12-14/h1-6,9,12-13H,7-8,10-11H2,(H,21,23). The summed E-state index contributed by atoms with van der Waals surface area (Å²) in [5, 5.41) is 2.94. The van der Waals surface area contributed by atoms with E-state index in [2.05, 4.69) is 26.2 Å². The molecule has 0 saturated carbocycles. The molecule has 3 rings (SSSR count). The van der Waals surface area contributed by atoms with Crippen molar-refractivity contribution in [2.75, 3.05) is 18.4 Å². The van der Waals surface area contributed by atoms with Gasteiger partial charge >= 0.3 is 0 Å². The van der Waals surface area contributed by atoms with Crippen molar-refractivity contribution in [2.45, 2.75) is 12.8 Å². The first-order chi connectivity index (χ1) is 11.6. The Morgan fingerprint density at radius 3 is 2.46 bits per heavy atom. The number of likely N-dealkylation sites (tertiary alicyclic amines) is 1. The van der Waals surface area contributed by atoms with E-state index in [1.165, 1.54) is 0 Å². The molecule has 1 fully saturated rings. The quantitative estimate of drug-likeness (QED) is 0.878. The summed E-state index contributed by atoms with van der Waals surface area (Å²) in [4.78, 5) is 30.5. The Labute approximate surface area is 149 Å². The van der Waals surface area contributed by atoms with E-state index < -0.39 is 0 Å². The van der Waals surface area contributed by atoms with Gasteiger partial charge in [-0.15, -0.1) is 0 Å². The van der Waals surface area contributed by atoms with Crippen LogP contribution in [0.3, 0.4) is 0 Å². The number of halogens is 1. The van der Waals surface area contributed by atoms with Crippen LogP contribution in [0.2, 0.25) is 0 Å². The monoisotopic (exact) mass is 387 g/mol. The lowest BCUT2D eigenvalue weighted by molar-refractivity contribution is -0.121. The van der Waals surface area contributed by atoms with Crippen molar-refractivity contribution >= 4 is 33.4 Å². The van der Waals surface area contributed by atoms with Gasteiger partial charge in [0.1, 0.15) is 0 Å². The molecule has 1 aromatic carbocycles. The Bertz CT molecular complexity index is 711. The van der Waals surface area contributed by atoms with Gasteiger partial charge in [-0.3, -0.25) is 14.6 Å². The Morgan fingerprint density at radius 1 is 1.12 bits per heavy atom. The first-order valence-corrected chi connectivity index (χ1v) is 8.68. The number of anilines is 1. The maximum Gasteiger partial charge on any atom is 0.255 e. The van der Waals surface area contributed by atoms with Gasteiger partial charge in [-0.2, -0.15) is 0 Å². The number of rotatable bonds is 3. The van der Waals surface area contributed by atoms with Gasteiger partial charge < -0.3 is 10.2 Å². The van der Waals surface area contributed by atoms with Crippen LogP contribution in [-0.2, 0) is 4.79 Å². The summed E-state index contributed by atoms with van der Waals surface area (Å²) in [7, 11) is 0. The summed E-state index contributed by atoms with van der Waals surface area (Å²) < 4.78 is 0.975. The van der Waals surface area contributed by atoms with Gasteiger partial charge in [0.15, 0.2) is 0 Å². The van der Waals surface area contributed by atoms with Gasteiger partial charge in [0, 0.05) is 41.6 Å². The van der Waals surface area contributed by atoms with Crippen LogP contribution in [0.25, 0.3) is 0 Å². The molecule has 0 radical (unpaired) electrons. The molecular weight excluding hydrogens is 370 g/mol. The highest BCUT2D eigenvalue weighted by Gasteiger charge is 2.27. The second kappa shape index (κ2) is 7.57. The first kappa shape index (κ1) is 16.6. The predicted molar refractivity (Wildman–Crippen MR) is 95.6 cm³/mol. The number of nitrogens with zero attached hydrogens (tertiary/aromatic N) is 2. The van der Waals surface area contributed by atoms with Crippen molar-refractivity contribution in [1.82, 2.24) is 9.88 Å². The number of benzene rings is 1. The average molecular weight is 388 g/mol. The van der Waals surface area contributed by atoms with Crippen molar-refractivity contribution in [3.63, 3.8) is 0 Å². The smallest absolute Gasteiger partial charge is 0.255 e. The zero-order valence-electron chi connectivity index (χ0n) is 13.1. The minimum absolute atomic E-state index is 0.0186. The van der Waals surface area contributed by atoms with E-state index in [0.29, 0.717) is 31.5 Å². The van der Waals surface area contributed by atoms with E-state index >= 15 is 0 Å². The van der Waals surface area contributed by atoms with Crippen molar-refractivity contribution in [3.05, 3.63) is 58.8 Å². The predicted octanol–water partition coefficient (Wildman–Crippen LogP) is 3.34. The summed E-state index contributed by atoms with van der Waals surface area (Å²) in [6.07, 6.45) is 4.58. The summed E-state index contributed by atoms with van der Waals surface area (Å²) in [6, 6.07) is 11.0. The van der Waals surface area contributed by atoms with Crippen LogP contribution in [0.15, 0.2) is 53.3 Å². The number of piperidine rings is 1. The van der Waals surface area contributed by atoms with Crippen LogP contribution < -0.4 is 5.32 Å². The molecular formula is C18H18BrN3O2. The van der Waals surface area contributed by atoms with E-state index in [-0.39, 0.29) is 17.7 Å². The van der Waals surface area contributed by atoms with Gasteiger partial charge in [-0.1, -0.05) is 15.9 Å². The van der Waals surface area contributed by atoms with E-state index in [4.69, 9.17) is 0 Å². The molecule has 1 aromatic heterocycles. The van der Waals surface area contributed by atoms with Gasteiger partial charge in [-0.05, 0) is 49.2 Å². The Balaban J connectivity index is 1.54. The van der Waals surface area contributed by atoms with E-state index in [1.807, 2.05) is 24.3 Å². The van der Waals surface area contributed by atoms with Crippen molar-refractivity contribution in [1.29, 1.82) is 0 Å². The van der Waals surface area contributed by atoms with E-state index in [9.17, 15) is 9.59 Å². The number of hydrogen-bond donors (Lipinski definition) is 1. The average Bonchev–Trinajstić information content (AvgIpc) is 2.64. The first-order valence-electron chi connectivity index (χ1n) is 7.89. The fourth-order valence-corrected chi connectivity index (χ4v) is 3.06. The third-order valence-electron chi connectivity index (χ3n) is 4.17. The molecule has 124 valence electrons. The molecule has 0 bridgehead atoms. The number of hydrogen-bond acceptors (Lipinski definition) is 3. The molecule has 0 aliphatic carbocycles. The third-order valence-corrected chi connectivity index (χ3v) is 4.70. The fourth-order valence-electron chi connectivity index (χ4n) is 2.79. The minimum atomic E-state index is -0.0633. The van der Waals surface area contributed by atoms with E-state index in [1.54, 1.807) is 29.4 Å². The molecule has 1 aliphatic heterocycles. The molecule has 5 nitrogen and oxygen atoms in total. The molecule has 6 heteroatoms. The lowest BCUT2D eigenvalue weighted by Crippen LogP contribution is -2.41. The van der Waals surface area contributed by atoms with Crippen LogP contribution >= 0.6 is 15.9 Å². The summed E-state index contributed by atoms with van der Waals surface area (Å²) >= 11 is 3.37. The molecule has 24 heavy (non-hydrogen) atoms. The summed E-state index contributed by atoms with van der Waals surface area (Å²) in [5.74, 6) is -0.0627. The fraction of sp³-hybridized carbons (Fsp3) is 0.278. The molecule has 0 unspecified atom stereocenters. The van der Waals surface area contributed by atoms with Gasteiger partial charge in [0.2, 0.25) is 5.91 Å². The number of aromatic nitrogens is 1. The number of carbonyl (C=O) groups is 2. The second-order valence-corrected chi connectivity index (χ2v) is 6.72. The number of pyridine rings is 1. The lowest BCUT2D eigenvalue weighted by Gasteiger charge is -2.31. The summed E-state index contributed by atoms with van der Waals surface area (Å²) in [5.41, 5.74) is 1.38. The zero-order valence-corrected chi connectivity index (χ0v) is 14.7. The van der Waals surface area contributed by atoms with Gasteiger partial charge in [0.25, 0.3) is 5.91 Å². The van der Waals surface area contributed by atoms with Crippen LogP contribution in [0.5, 0.6) is 0 Å². The van der Waals surface area contributed by atoms with Crippen LogP contribution in [0.1, 0.15) is 23.2 Å². The topological polar surface area (TPSA) is 62.3 Å². The summed E-state index contributed by atoms with van der Waals surface area (Å²) in [6.45, 7) is 1.18. The molecule has 0 spiro atoms. The van der Waals surface area contributed by atoms with Gasteiger partial charge in [-0.25, -0.2) is 0 Å². The van der Waals surface area contributed by atoms with Crippen molar-refractivity contribution < 1.29 is 9.59 Å². The molecule has 0 atom stereocenters. The van der Waals surface area contributed by atoms with Crippen molar-refractivity contribution in [2.24, 2.45) is 5.92 Å². The second-order valence-electron chi connectivity index (χ2n) is 5.80. The molecule has 2 heterocycles. The van der Waals surface area contributed by atoms with Crippen molar-refractivity contribution in [3.8, 4) is 0 Å². The largest absolute Gasteiger partial charge is 0.339 e. The molecule has 1 saturated heterocycles. The van der Waals surface area contributed by atoms with Crippen LogP contribution in [0.4, 0.5) is 5.69 Å². The maximum absolute atomic E-state index is 12.4. The highest BCUT2D eigenvalue weighted by atomic mass is 79.9. The Morgan fingerprint density at radius 2 is 1.83 bits per heavy atom. The molecule has 1 aliphatic rings.